The lowest BCUT2D eigenvalue weighted by atomic mass is 9.90. The maximum absolute atomic E-state index is 13.2. The van der Waals surface area contributed by atoms with Gasteiger partial charge in [-0.3, -0.25) is 14.2 Å². The van der Waals surface area contributed by atoms with Crippen LogP contribution in [0.1, 0.15) is 86.8 Å². The van der Waals surface area contributed by atoms with E-state index in [9.17, 15) is 14.4 Å². The fourth-order valence-electron chi connectivity index (χ4n) is 4.89. The Bertz CT molecular complexity index is 1120. The molecular weight excluding hydrogens is 440 g/mol. The normalized spacial score (nSPS) is 17.9. The molecule has 1 aliphatic heterocycles. The number of rotatable bonds is 4. The fourth-order valence-corrected chi connectivity index (χ4v) is 6.00. The number of nitrogens with one attached hydrogen (secondary N) is 2. The van der Waals surface area contributed by atoms with E-state index in [4.69, 9.17) is 4.74 Å². The summed E-state index contributed by atoms with van der Waals surface area (Å²) >= 11 is 1.28. The van der Waals surface area contributed by atoms with Gasteiger partial charge in [0.15, 0.2) is 0 Å². The molecule has 8 nitrogen and oxygen atoms in total. The van der Waals surface area contributed by atoms with E-state index < -0.39 is 17.2 Å². The van der Waals surface area contributed by atoms with Crippen LogP contribution in [0.15, 0.2) is 4.79 Å². The minimum Gasteiger partial charge on any atom is -0.444 e. The smallest absolute Gasteiger partial charge is 0.408 e. The summed E-state index contributed by atoms with van der Waals surface area (Å²) in [5, 5.41) is 6.67. The number of aromatic nitrogens is 2. The van der Waals surface area contributed by atoms with Crippen LogP contribution in [-0.2, 0) is 17.7 Å². The van der Waals surface area contributed by atoms with Crippen molar-refractivity contribution in [2.75, 3.05) is 6.54 Å². The highest BCUT2D eigenvalue weighted by Gasteiger charge is 2.35. The highest BCUT2D eigenvalue weighted by atomic mass is 32.1. The van der Waals surface area contributed by atoms with Gasteiger partial charge in [0.05, 0.1) is 15.8 Å². The maximum Gasteiger partial charge on any atom is 0.408 e. The summed E-state index contributed by atoms with van der Waals surface area (Å²) in [5.74, 6) is 0.578. The maximum atomic E-state index is 13.2. The molecule has 0 atom stereocenters. The third kappa shape index (κ3) is 5.08. The van der Waals surface area contributed by atoms with E-state index in [1.54, 1.807) is 4.57 Å². The van der Waals surface area contributed by atoms with Crippen LogP contribution in [0.4, 0.5) is 4.79 Å². The lowest BCUT2D eigenvalue weighted by Crippen LogP contribution is -2.56. The van der Waals surface area contributed by atoms with Gasteiger partial charge in [-0.05, 0) is 52.5 Å². The molecule has 2 aromatic rings. The van der Waals surface area contributed by atoms with Gasteiger partial charge in [-0.1, -0.05) is 25.7 Å². The molecule has 2 aromatic heterocycles. The molecule has 4 rings (SSSR count). The van der Waals surface area contributed by atoms with Crippen molar-refractivity contribution in [2.24, 2.45) is 0 Å². The fraction of sp³-hybridized carbons (Fsp3) is 0.667. The van der Waals surface area contributed by atoms with Gasteiger partial charge in [0.2, 0.25) is 0 Å². The van der Waals surface area contributed by atoms with Crippen molar-refractivity contribution in [1.29, 1.82) is 0 Å². The Balaban J connectivity index is 1.54. The molecule has 0 unspecified atom stereocenters. The number of carbonyl (C=O) groups is 2. The predicted octanol–water partition coefficient (Wildman–Crippen LogP) is 4.06. The molecule has 180 valence electrons. The number of thiophene rings is 1. The molecule has 2 N–H and O–H groups in total. The van der Waals surface area contributed by atoms with Crippen LogP contribution in [0, 0.1) is 6.92 Å². The summed E-state index contributed by atoms with van der Waals surface area (Å²) in [6.45, 7) is 8.34. The third-order valence-electron chi connectivity index (χ3n) is 6.53. The number of nitrogens with zero attached hydrogens (tertiary/aromatic N) is 2. The van der Waals surface area contributed by atoms with Crippen molar-refractivity contribution in [3.8, 4) is 0 Å². The van der Waals surface area contributed by atoms with E-state index in [2.05, 4.69) is 15.6 Å². The van der Waals surface area contributed by atoms with Crippen LogP contribution in [0.5, 0.6) is 0 Å². The molecule has 1 saturated carbocycles. The lowest BCUT2D eigenvalue weighted by molar-refractivity contribution is 0.0437. The van der Waals surface area contributed by atoms with Gasteiger partial charge in [-0.15, -0.1) is 11.3 Å². The minimum absolute atomic E-state index is 0.0490. The van der Waals surface area contributed by atoms with Crippen molar-refractivity contribution in [1.82, 2.24) is 20.2 Å². The molecule has 0 saturated heterocycles. The Labute approximate surface area is 198 Å². The van der Waals surface area contributed by atoms with E-state index in [0.717, 1.165) is 57.2 Å². The van der Waals surface area contributed by atoms with Crippen molar-refractivity contribution < 1.29 is 14.3 Å². The van der Waals surface area contributed by atoms with Gasteiger partial charge < -0.3 is 15.4 Å². The topological polar surface area (TPSA) is 102 Å². The Morgan fingerprint density at radius 2 is 1.85 bits per heavy atom. The van der Waals surface area contributed by atoms with Gasteiger partial charge in [0, 0.05) is 19.5 Å². The Morgan fingerprint density at radius 1 is 1.15 bits per heavy atom. The molecule has 0 radical (unpaired) electrons. The zero-order chi connectivity index (χ0) is 23.8. The van der Waals surface area contributed by atoms with Gasteiger partial charge in [-0.25, -0.2) is 9.78 Å². The van der Waals surface area contributed by atoms with Crippen molar-refractivity contribution in [3.05, 3.63) is 26.6 Å². The van der Waals surface area contributed by atoms with Gasteiger partial charge in [-0.2, -0.15) is 0 Å². The van der Waals surface area contributed by atoms with Crippen LogP contribution in [-0.4, -0.2) is 39.2 Å². The molecule has 0 spiro atoms. The summed E-state index contributed by atoms with van der Waals surface area (Å²) in [6.07, 6.45) is 7.04. The Kier molecular flexibility index (Phi) is 6.53. The number of aryl methyl sites for hydroxylation is 2. The number of hydrogen-bond donors (Lipinski definition) is 2. The average Bonchev–Trinajstić information content (AvgIpc) is 3.25. The van der Waals surface area contributed by atoms with Gasteiger partial charge in [0.25, 0.3) is 11.5 Å². The van der Waals surface area contributed by atoms with E-state index in [-0.39, 0.29) is 11.5 Å². The second kappa shape index (κ2) is 9.08. The van der Waals surface area contributed by atoms with Crippen LogP contribution < -0.4 is 16.2 Å². The first kappa shape index (κ1) is 23.7. The minimum atomic E-state index is -0.589. The molecule has 33 heavy (non-hydrogen) atoms. The van der Waals surface area contributed by atoms with Gasteiger partial charge in [0.1, 0.15) is 16.3 Å². The van der Waals surface area contributed by atoms with Crippen LogP contribution in [0.3, 0.4) is 0 Å². The van der Waals surface area contributed by atoms with Crippen molar-refractivity contribution in [2.45, 2.75) is 96.7 Å². The zero-order valence-corrected chi connectivity index (χ0v) is 20.8. The molecule has 1 aliphatic carbocycles. The number of alkyl carbamates (subject to hydrolysis) is 1. The second-order valence-electron chi connectivity index (χ2n) is 10.3. The highest BCUT2D eigenvalue weighted by Crippen LogP contribution is 2.30. The zero-order valence-electron chi connectivity index (χ0n) is 20.0. The lowest BCUT2D eigenvalue weighted by Gasteiger charge is -2.35. The van der Waals surface area contributed by atoms with Crippen LogP contribution >= 0.6 is 11.3 Å². The largest absolute Gasteiger partial charge is 0.444 e. The number of fused-ring (bicyclic) bond motifs is 2. The Morgan fingerprint density at radius 3 is 2.52 bits per heavy atom. The van der Waals surface area contributed by atoms with E-state index in [1.807, 2.05) is 27.7 Å². The molecule has 9 heteroatoms. The summed E-state index contributed by atoms with van der Waals surface area (Å²) in [4.78, 5) is 44.5. The summed E-state index contributed by atoms with van der Waals surface area (Å²) < 4.78 is 7.23. The standard InChI is InChI=1S/C24H34N4O4S/c1-15-17-20(26-16-10-9-13-28(16)21(17)30)33-18(15)19(29)25-14-24(11-7-5-6-8-12-24)27-22(31)32-23(2,3)4/h5-14H2,1-4H3,(H,25,29)(H,27,31). The first-order chi connectivity index (χ1) is 15.6. The second-order valence-corrected chi connectivity index (χ2v) is 11.3. The molecule has 2 amide bonds. The molecular formula is C24H34N4O4S. The van der Waals surface area contributed by atoms with Crippen LogP contribution in [0.25, 0.3) is 10.2 Å². The number of ether oxygens (including phenoxy) is 1. The summed E-state index contributed by atoms with van der Waals surface area (Å²) in [5.41, 5.74) is -0.498. The molecule has 0 aromatic carbocycles. The monoisotopic (exact) mass is 474 g/mol. The third-order valence-corrected chi connectivity index (χ3v) is 7.72. The summed E-state index contributed by atoms with van der Waals surface area (Å²) in [6, 6.07) is 0. The van der Waals surface area contributed by atoms with Gasteiger partial charge >= 0.3 is 6.09 Å². The number of carbonyl (C=O) groups excluding carboxylic acids is 2. The Hall–Kier alpha value is -2.42. The molecule has 0 bridgehead atoms. The van der Waals surface area contributed by atoms with Crippen LogP contribution in [0.2, 0.25) is 0 Å². The number of amides is 2. The van der Waals surface area contributed by atoms with E-state index >= 15 is 0 Å². The highest BCUT2D eigenvalue weighted by molar-refractivity contribution is 7.20. The molecule has 3 heterocycles. The average molecular weight is 475 g/mol. The van der Waals surface area contributed by atoms with E-state index in [0.29, 0.717) is 33.7 Å². The summed E-state index contributed by atoms with van der Waals surface area (Å²) in [7, 11) is 0. The van der Waals surface area contributed by atoms with E-state index in [1.165, 1.54) is 11.3 Å². The van der Waals surface area contributed by atoms with Crippen molar-refractivity contribution in [3.63, 3.8) is 0 Å². The SMILES string of the molecule is Cc1c(C(=O)NCC2(NC(=O)OC(C)(C)C)CCCCCC2)sc2nc3n(c(=O)c12)CCC3. The first-order valence-corrected chi connectivity index (χ1v) is 12.7. The first-order valence-electron chi connectivity index (χ1n) is 11.9. The number of hydrogen-bond acceptors (Lipinski definition) is 6. The predicted molar refractivity (Wildman–Crippen MR) is 129 cm³/mol. The quantitative estimate of drug-likeness (QED) is 0.651. The van der Waals surface area contributed by atoms with Crippen molar-refractivity contribution >= 4 is 33.6 Å². The molecule has 2 aliphatic rings. The molecule has 1 fully saturated rings.